The Kier molecular flexibility index (Phi) is 4.22. The highest BCUT2D eigenvalue weighted by Crippen LogP contribution is 2.12. The molecule has 1 aromatic carbocycles. The van der Waals surface area contributed by atoms with Crippen molar-refractivity contribution in [3.63, 3.8) is 0 Å². The van der Waals surface area contributed by atoms with E-state index in [4.69, 9.17) is 9.84 Å². The van der Waals surface area contributed by atoms with Crippen LogP contribution in [0.2, 0.25) is 0 Å². The van der Waals surface area contributed by atoms with Crippen LogP contribution in [-0.4, -0.2) is 41.3 Å². The second kappa shape index (κ2) is 6.08. The lowest BCUT2D eigenvalue weighted by Crippen LogP contribution is -2.46. The van der Waals surface area contributed by atoms with Gasteiger partial charge in [0.05, 0.1) is 0 Å². The Morgan fingerprint density at radius 1 is 1.21 bits per heavy atom. The van der Waals surface area contributed by atoms with Crippen LogP contribution < -0.4 is 10.1 Å². The summed E-state index contributed by atoms with van der Waals surface area (Å²) in [7, 11) is 0. The van der Waals surface area contributed by atoms with Gasteiger partial charge in [0.15, 0.2) is 0 Å². The van der Waals surface area contributed by atoms with Gasteiger partial charge in [0, 0.05) is 19.1 Å². The molecule has 102 valence electrons. The molecule has 6 heteroatoms. The highest BCUT2D eigenvalue weighted by molar-refractivity contribution is 5.70. The Balaban J connectivity index is 1.76. The maximum absolute atomic E-state index is 11.6. The van der Waals surface area contributed by atoms with E-state index in [0.29, 0.717) is 31.7 Å². The second-order valence-electron chi connectivity index (χ2n) is 4.39. The van der Waals surface area contributed by atoms with Crippen molar-refractivity contribution in [3.05, 3.63) is 30.3 Å². The average Bonchev–Trinajstić information content (AvgIpc) is 2.40. The molecule has 0 saturated carbocycles. The maximum Gasteiger partial charge on any atom is 0.412 e. The fourth-order valence-electron chi connectivity index (χ4n) is 2.01. The zero-order valence-corrected chi connectivity index (χ0v) is 10.4. The van der Waals surface area contributed by atoms with Gasteiger partial charge in [-0.05, 0) is 25.0 Å². The normalized spacial score (nSPS) is 15.9. The third-order valence-electron chi connectivity index (χ3n) is 3.04. The zero-order valence-electron chi connectivity index (χ0n) is 10.4. The summed E-state index contributed by atoms with van der Waals surface area (Å²) in [6.45, 7) is 0.872. The number of benzene rings is 1. The molecule has 0 aliphatic carbocycles. The Hall–Kier alpha value is -2.24. The minimum atomic E-state index is -0.912. The van der Waals surface area contributed by atoms with E-state index in [1.165, 1.54) is 4.90 Å². The van der Waals surface area contributed by atoms with E-state index >= 15 is 0 Å². The van der Waals surface area contributed by atoms with Crippen LogP contribution in [-0.2, 0) is 0 Å². The number of carbonyl (C=O) groups is 2. The zero-order chi connectivity index (χ0) is 13.7. The predicted molar refractivity (Wildman–Crippen MR) is 68.2 cm³/mol. The first-order valence-corrected chi connectivity index (χ1v) is 6.16. The van der Waals surface area contributed by atoms with Crippen molar-refractivity contribution in [1.82, 2.24) is 10.2 Å². The minimum absolute atomic E-state index is 0.0354. The van der Waals surface area contributed by atoms with Crippen LogP contribution in [0.25, 0.3) is 0 Å². The average molecular weight is 264 g/mol. The highest BCUT2D eigenvalue weighted by atomic mass is 16.6. The van der Waals surface area contributed by atoms with Crippen molar-refractivity contribution in [2.24, 2.45) is 0 Å². The maximum atomic E-state index is 11.6. The first-order valence-electron chi connectivity index (χ1n) is 6.16. The molecular weight excluding hydrogens is 248 g/mol. The quantitative estimate of drug-likeness (QED) is 0.855. The van der Waals surface area contributed by atoms with E-state index in [9.17, 15) is 9.59 Å². The number of nitrogens with zero attached hydrogens (tertiary/aromatic N) is 1. The van der Waals surface area contributed by atoms with Gasteiger partial charge in [-0.1, -0.05) is 18.2 Å². The van der Waals surface area contributed by atoms with Gasteiger partial charge in [0.2, 0.25) is 0 Å². The molecule has 2 rings (SSSR count). The molecule has 2 amide bonds. The Labute approximate surface area is 111 Å². The number of hydrogen-bond donors (Lipinski definition) is 2. The lowest BCUT2D eigenvalue weighted by molar-refractivity contribution is 0.128. The fourth-order valence-corrected chi connectivity index (χ4v) is 2.01. The smallest absolute Gasteiger partial charge is 0.412 e. The van der Waals surface area contributed by atoms with Crippen LogP contribution in [0.15, 0.2) is 30.3 Å². The van der Waals surface area contributed by atoms with Gasteiger partial charge in [-0.25, -0.2) is 9.59 Å². The second-order valence-corrected chi connectivity index (χ2v) is 4.39. The minimum Gasteiger partial charge on any atom is -0.465 e. The van der Waals surface area contributed by atoms with Gasteiger partial charge < -0.3 is 20.1 Å². The first-order chi connectivity index (χ1) is 9.15. The van der Waals surface area contributed by atoms with Crippen LogP contribution in [0, 0.1) is 0 Å². The fraction of sp³-hybridized carbons (Fsp3) is 0.385. The summed E-state index contributed by atoms with van der Waals surface area (Å²) in [4.78, 5) is 23.7. The molecule has 1 fully saturated rings. The van der Waals surface area contributed by atoms with E-state index in [1.807, 2.05) is 6.07 Å². The van der Waals surface area contributed by atoms with Gasteiger partial charge in [-0.2, -0.15) is 0 Å². The molecule has 1 heterocycles. The van der Waals surface area contributed by atoms with Crippen molar-refractivity contribution in [3.8, 4) is 5.75 Å². The molecule has 0 radical (unpaired) electrons. The van der Waals surface area contributed by atoms with Gasteiger partial charge in [-0.15, -0.1) is 0 Å². The molecule has 1 aliphatic heterocycles. The number of nitrogens with one attached hydrogen (secondary N) is 1. The molecule has 1 aromatic rings. The van der Waals surface area contributed by atoms with E-state index in [0.717, 1.165) is 0 Å². The summed E-state index contributed by atoms with van der Waals surface area (Å²) in [5, 5.41) is 11.6. The van der Waals surface area contributed by atoms with Crippen molar-refractivity contribution in [2.75, 3.05) is 13.1 Å². The number of hydrogen-bond acceptors (Lipinski definition) is 3. The van der Waals surface area contributed by atoms with E-state index in [2.05, 4.69) is 5.32 Å². The van der Waals surface area contributed by atoms with Gasteiger partial charge in [-0.3, -0.25) is 0 Å². The molecule has 1 aliphatic rings. The van der Waals surface area contributed by atoms with E-state index in [1.54, 1.807) is 24.3 Å². The molecular formula is C13H16N2O4. The lowest BCUT2D eigenvalue weighted by Gasteiger charge is -2.30. The molecule has 19 heavy (non-hydrogen) atoms. The van der Waals surface area contributed by atoms with Crippen LogP contribution >= 0.6 is 0 Å². The summed E-state index contributed by atoms with van der Waals surface area (Å²) in [5.41, 5.74) is 0. The summed E-state index contributed by atoms with van der Waals surface area (Å²) in [6.07, 6.45) is -0.197. The van der Waals surface area contributed by atoms with Crippen LogP contribution in [0.4, 0.5) is 9.59 Å². The van der Waals surface area contributed by atoms with Gasteiger partial charge in [0.1, 0.15) is 5.75 Å². The van der Waals surface area contributed by atoms with Gasteiger partial charge in [0.25, 0.3) is 0 Å². The monoisotopic (exact) mass is 264 g/mol. The number of para-hydroxylation sites is 1. The lowest BCUT2D eigenvalue weighted by atomic mass is 10.1. The summed E-state index contributed by atoms with van der Waals surface area (Å²) in [6, 6.07) is 8.78. The van der Waals surface area contributed by atoms with Crippen molar-refractivity contribution < 1.29 is 19.4 Å². The highest BCUT2D eigenvalue weighted by Gasteiger charge is 2.23. The van der Waals surface area contributed by atoms with Crippen LogP contribution in [0.1, 0.15) is 12.8 Å². The molecule has 0 unspecified atom stereocenters. The Morgan fingerprint density at radius 3 is 2.42 bits per heavy atom. The number of rotatable bonds is 2. The SMILES string of the molecule is O=C(NC1CCN(C(=O)O)CC1)Oc1ccccc1. The van der Waals surface area contributed by atoms with E-state index < -0.39 is 12.2 Å². The molecule has 2 N–H and O–H groups in total. The number of likely N-dealkylation sites (tertiary alicyclic amines) is 1. The number of ether oxygens (including phenoxy) is 1. The largest absolute Gasteiger partial charge is 0.465 e. The summed E-state index contributed by atoms with van der Waals surface area (Å²) < 4.78 is 5.11. The standard InChI is InChI=1S/C13H16N2O4/c16-12(19-11-4-2-1-3-5-11)14-10-6-8-15(9-7-10)13(17)18/h1-5,10H,6-9H2,(H,14,16)(H,17,18). The predicted octanol–water partition coefficient (Wildman–Crippen LogP) is 1.92. The molecule has 0 atom stereocenters. The number of carbonyl (C=O) groups excluding carboxylic acids is 1. The van der Waals surface area contributed by atoms with Gasteiger partial charge >= 0.3 is 12.2 Å². The summed E-state index contributed by atoms with van der Waals surface area (Å²) in [5.74, 6) is 0.489. The Bertz CT molecular complexity index is 441. The van der Waals surface area contributed by atoms with Crippen molar-refractivity contribution in [2.45, 2.75) is 18.9 Å². The van der Waals surface area contributed by atoms with Crippen molar-refractivity contribution in [1.29, 1.82) is 0 Å². The number of carboxylic acid groups (broad SMARTS) is 1. The Morgan fingerprint density at radius 2 is 1.84 bits per heavy atom. The molecule has 0 aromatic heterocycles. The molecule has 6 nitrogen and oxygen atoms in total. The third-order valence-corrected chi connectivity index (χ3v) is 3.04. The molecule has 1 saturated heterocycles. The third kappa shape index (κ3) is 3.87. The topological polar surface area (TPSA) is 78.9 Å². The number of amides is 2. The molecule has 0 bridgehead atoms. The van der Waals surface area contributed by atoms with Crippen molar-refractivity contribution >= 4 is 12.2 Å². The van der Waals surface area contributed by atoms with E-state index in [-0.39, 0.29) is 6.04 Å². The first kappa shape index (κ1) is 13.2. The number of piperidine rings is 1. The summed E-state index contributed by atoms with van der Waals surface area (Å²) >= 11 is 0. The molecule has 0 spiro atoms. The van der Waals surface area contributed by atoms with Crippen LogP contribution in [0.5, 0.6) is 5.75 Å². The van der Waals surface area contributed by atoms with Crippen LogP contribution in [0.3, 0.4) is 0 Å².